The summed E-state index contributed by atoms with van der Waals surface area (Å²) >= 11 is 0. The first-order valence-electron chi connectivity index (χ1n) is 9.39. The number of halogens is 1. The molecular weight excluding hydrogens is 394 g/mol. The molecule has 0 bridgehead atoms. The standard InChI is InChI=1S/C20H31N5O3.ClH/c1-13(2)11-24(4)19(26)12-25-20(14(3)21)22-18(23-25)10-15-7-8-16(27-5)17(9-15)28-6;/h7-9,13-14H,10-12,21H2,1-6H3;1H/t14-;/m1./s1. The van der Waals surface area contributed by atoms with Crippen LogP contribution in [0.25, 0.3) is 0 Å². The summed E-state index contributed by atoms with van der Waals surface area (Å²) < 4.78 is 12.2. The van der Waals surface area contributed by atoms with Gasteiger partial charge < -0.3 is 20.1 Å². The molecule has 1 amide bonds. The molecule has 9 heteroatoms. The first-order chi connectivity index (χ1) is 13.2. The van der Waals surface area contributed by atoms with Gasteiger partial charge in [-0.1, -0.05) is 19.9 Å². The molecule has 2 aromatic rings. The quantitative estimate of drug-likeness (QED) is 0.662. The lowest BCUT2D eigenvalue weighted by Gasteiger charge is -2.19. The average molecular weight is 426 g/mol. The van der Waals surface area contributed by atoms with Crippen LogP contribution in [0.5, 0.6) is 11.5 Å². The van der Waals surface area contributed by atoms with Gasteiger partial charge in [0.2, 0.25) is 5.91 Å². The molecule has 162 valence electrons. The van der Waals surface area contributed by atoms with Crippen molar-refractivity contribution in [1.29, 1.82) is 0 Å². The molecule has 0 unspecified atom stereocenters. The molecule has 8 nitrogen and oxygen atoms in total. The lowest BCUT2D eigenvalue weighted by Crippen LogP contribution is -2.34. The van der Waals surface area contributed by atoms with Crippen LogP contribution in [0.2, 0.25) is 0 Å². The molecule has 1 heterocycles. The first-order valence-corrected chi connectivity index (χ1v) is 9.39. The van der Waals surface area contributed by atoms with Gasteiger partial charge in [0, 0.05) is 20.0 Å². The highest BCUT2D eigenvalue weighted by molar-refractivity contribution is 5.85. The van der Waals surface area contributed by atoms with Gasteiger partial charge >= 0.3 is 0 Å². The van der Waals surface area contributed by atoms with Crippen molar-refractivity contribution in [2.45, 2.75) is 39.8 Å². The SMILES string of the molecule is COc1ccc(Cc2nc([C@@H](C)N)n(CC(=O)N(C)CC(C)C)n2)cc1OC.Cl. The van der Waals surface area contributed by atoms with Gasteiger partial charge in [0.15, 0.2) is 17.3 Å². The predicted octanol–water partition coefficient (Wildman–Crippen LogP) is 2.44. The van der Waals surface area contributed by atoms with Crippen LogP contribution in [-0.4, -0.2) is 53.4 Å². The van der Waals surface area contributed by atoms with Crippen LogP contribution < -0.4 is 15.2 Å². The summed E-state index contributed by atoms with van der Waals surface area (Å²) in [5, 5.41) is 4.53. The third-order valence-electron chi connectivity index (χ3n) is 4.31. The Morgan fingerprint density at radius 1 is 1.21 bits per heavy atom. The van der Waals surface area contributed by atoms with E-state index in [0.717, 1.165) is 5.56 Å². The molecule has 0 spiro atoms. The van der Waals surface area contributed by atoms with Gasteiger partial charge in [-0.3, -0.25) is 4.79 Å². The predicted molar refractivity (Wildman–Crippen MR) is 115 cm³/mol. The molecule has 29 heavy (non-hydrogen) atoms. The summed E-state index contributed by atoms with van der Waals surface area (Å²) in [7, 11) is 5.00. The summed E-state index contributed by atoms with van der Waals surface area (Å²) in [6.45, 7) is 6.81. The molecule has 1 atom stereocenters. The van der Waals surface area contributed by atoms with Crippen molar-refractivity contribution in [3.05, 3.63) is 35.4 Å². The zero-order valence-electron chi connectivity index (χ0n) is 18.0. The Hall–Kier alpha value is -2.32. The van der Waals surface area contributed by atoms with Crippen molar-refractivity contribution in [3.8, 4) is 11.5 Å². The monoisotopic (exact) mass is 425 g/mol. The van der Waals surface area contributed by atoms with Crippen molar-refractivity contribution in [3.63, 3.8) is 0 Å². The van der Waals surface area contributed by atoms with Crippen molar-refractivity contribution in [2.24, 2.45) is 11.7 Å². The Balaban J connectivity index is 0.00000420. The van der Waals surface area contributed by atoms with Gasteiger partial charge in [0.25, 0.3) is 0 Å². The van der Waals surface area contributed by atoms with Crippen LogP contribution >= 0.6 is 12.4 Å². The molecule has 2 N–H and O–H groups in total. The minimum absolute atomic E-state index is 0. The molecule has 2 rings (SSSR count). The molecule has 0 saturated heterocycles. The number of ether oxygens (including phenoxy) is 2. The number of amides is 1. The van der Waals surface area contributed by atoms with Gasteiger partial charge in [0.1, 0.15) is 12.4 Å². The van der Waals surface area contributed by atoms with E-state index < -0.39 is 0 Å². The van der Waals surface area contributed by atoms with Gasteiger partial charge in [-0.25, -0.2) is 9.67 Å². The fourth-order valence-electron chi connectivity index (χ4n) is 3.00. The summed E-state index contributed by atoms with van der Waals surface area (Å²) in [5.74, 6) is 2.91. The second-order valence-electron chi connectivity index (χ2n) is 7.37. The van der Waals surface area contributed by atoms with Gasteiger partial charge in [-0.15, -0.1) is 12.4 Å². The fourth-order valence-corrected chi connectivity index (χ4v) is 3.00. The van der Waals surface area contributed by atoms with Crippen LogP contribution in [0.1, 0.15) is 44.0 Å². The minimum atomic E-state index is -0.324. The van der Waals surface area contributed by atoms with Crippen molar-refractivity contribution in [1.82, 2.24) is 19.7 Å². The third-order valence-corrected chi connectivity index (χ3v) is 4.31. The molecule has 0 aliphatic rings. The van der Waals surface area contributed by atoms with E-state index in [2.05, 4.69) is 23.9 Å². The summed E-state index contributed by atoms with van der Waals surface area (Å²) in [5.41, 5.74) is 7.03. The van der Waals surface area contributed by atoms with Gasteiger partial charge in [-0.2, -0.15) is 5.10 Å². The van der Waals surface area contributed by atoms with Gasteiger partial charge in [-0.05, 0) is 30.5 Å². The maximum atomic E-state index is 12.5. The Morgan fingerprint density at radius 2 is 1.86 bits per heavy atom. The van der Waals surface area contributed by atoms with Crippen LogP contribution in [0, 0.1) is 5.92 Å². The van der Waals surface area contributed by atoms with Gasteiger partial charge in [0.05, 0.1) is 20.3 Å². The number of hydrogen-bond donors (Lipinski definition) is 1. The molecule has 0 radical (unpaired) electrons. The highest BCUT2D eigenvalue weighted by Crippen LogP contribution is 2.28. The number of nitrogens with zero attached hydrogens (tertiary/aromatic N) is 4. The van der Waals surface area contributed by atoms with E-state index in [1.54, 1.807) is 30.8 Å². The van der Waals surface area contributed by atoms with Crippen LogP contribution in [-0.2, 0) is 17.8 Å². The third kappa shape index (κ3) is 6.61. The highest BCUT2D eigenvalue weighted by Gasteiger charge is 2.19. The Labute approximate surface area is 178 Å². The van der Waals surface area contributed by atoms with Crippen molar-refractivity contribution in [2.75, 3.05) is 27.8 Å². The number of likely N-dealkylation sites (N-methyl/N-ethyl adjacent to an activating group) is 1. The molecule has 1 aromatic carbocycles. The Bertz CT molecular complexity index is 807. The summed E-state index contributed by atoms with van der Waals surface area (Å²) in [6, 6.07) is 5.36. The number of benzene rings is 1. The van der Waals surface area contributed by atoms with Crippen LogP contribution in [0.15, 0.2) is 18.2 Å². The summed E-state index contributed by atoms with van der Waals surface area (Å²) in [4.78, 5) is 18.8. The number of rotatable bonds is 9. The topological polar surface area (TPSA) is 95.5 Å². The second kappa shape index (κ2) is 11.0. The Morgan fingerprint density at radius 3 is 2.41 bits per heavy atom. The minimum Gasteiger partial charge on any atom is -0.493 e. The van der Waals surface area contributed by atoms with E-state index in [0.29, 0.717) is 42.0 Å². The lowest BCUT2D eigenvalue weighted by atomic mass is 10.1. The fraction of sp³-hybridized carbons (Fsp3) is 0.550. The van der Waals surface area contributed by atoms with E-state index in [9.17, 15) is 4.79 Å². The highest BCUT2D eigenvalue weighted by atomic mass is 35.5. The first kappa shape index (κ1) is 24.7. The number of carbonyl (C=O) groups is 1. The number of carbonyl (C=O) groups excluding carboxylic acids is 1. The number of hydrogen-bond acceptors (Lipinski definition) is 6. The number of nitrogens with two attached hydrogens (primary N) is 1. The van der Waals surface area contributed by atoms with E-state index in [-0.39, 0.29) is 30.9 Å². The van der Waals surface area contributed by atoms with Crippen LogP contribution in [0.4, 0.5) is 0 Å². The van der Waals surface area contributed by atoms with Crippen LogP contribution in [0.3, 0.4) is 0 Å². The molecular formula is C20H32ClN5O3. The maximum Gasteiger partial charge on any atom is 0.244 e. The average Bonchev–Trinajstić information content (AvgIpc) is 3.03. The molecule has 1 aromatic heterocycles. The molecule has 0 aliphatic heterocycles. The zero-order chi connectivity index (χ0) is 20.8. The largest absolute Gasteiger partial charge is 0.493 e. The van der Waals surface area contributed by atoms with E-state index in [1.165, 1.54) is 0 Å². The molecule has 0 aliphatic carbocycles. The zero-order valence-corrected chi connectivity index (χ0v) is 18.8. The maximum absolute atomic E-state index is 12.5. The van der Waals surface area contributed by atoms with Crippen molar-refractivity contribution >= 4 is 18.3 Å². The normalized spacial score (nSPS) is 11.7. The lowest BCUT2D eigenvalue weighted by molar-refractivity contribution is -0.131. The Kier molecular flexibility index (Phi) is 9.39. The van der Waals surface area contributed by atoms with E-state index in [1.807, 2.05) is 25.1 Å². The smallest absolute Gasteiger partial charge is 0.244 e. The summed E-state index contributed by atoms with van der Waals surface area (Å²) in [6.07, 6.45) is 0.503. The van der Waals surface area contributed by atoms with E-state index in [4.69, 9.17) is 15.2 Å². The number of aromatic nitrogens is 3. The van der Waals surface area contributed by atoms with Crippen molar-refractivity contribution < 1.29 is 14.3 Å². The van der Waals surface area contributed by atoms with E-state index >= 15 is 0 Å². The molecule has 0 saturated carbocycles. The number of methoxy groups -OCH3 is 2. The molecule has 0 fully saturated rings. The second-order valence-corrected chi connectivity index (χ2v) is 7.37.